The summed E-state index contributed by atoms with van der Waals surface area (Å²) in [6.45, 7) is 0.799. The molecule has 2 aromatic rings. The highest BCUT2D eigenvalue weighted by Crippen LogP contribution is 2.21. The highest BCUT2D eigenvalue weighted by atomic mass is 19.1. The zero-order chi connectivity index (χ0) is 17.6. The SMILES string of the molecule is O=C(CN[C@H](Cc1ccccc1)c1ccccc1F)N1CCNC1=O. The summed E-state index contributed by atoms with van der Waals surface area (Å²) in [5.41, 5.74) is 1.54. The Balaban J connectivity index is 1.73. The van der Waals surface area contributed by atoms with Gasteiger partial charge in [0.1, 0.15) is 5.82 Å². The summed E-state index contributed by atoms with van der Waals surface area (Å²) in [4.78, 5) is 25.0. The first kappa shape index (κ1) is 17.1. The number of carbonyl (C=O) groups is 2. The fourth-order valence-electron chi connectivity index (χ4n) is 2.92. The Morgan fingerprint density at radius 3 is 2.56 bits per heavy atom. The molecule has 6 heteroatoms. The molecule has 5 nitrogen and oxygen atoms in total. The molecule has 1 heterocycles. The van der Waals surface area contributed by atoms with Crippen molar-refractivity contribution in [3.8, 4) is 0 Å². The molecular weight excluding hydrogens is 321 g/mol. The largest absolute Gasteiger partial charge is 0.336 e. The van der Waals surface area contributed by atoms with Crippen molar-refractivity contribution < 1.29 is 14.0 Å². The van der Waals surface area contributed by atoms with Crippen LogP contribution in [0.25, 0.3) is 0 Å². The molecule has 3 rings (SSSR count). The van der Waals surface area contributed by atoms with Crippen LogP contribution in [0.2, 0.25) is 0 Å². The van der Waals surface area contributed by atoms with Gasteiger partial charge in [-0.2, -0.15) is 0 Å². The van der Waals surface area contributed by atoms with E-state index in [4.69, 9.17) is 0 Å². The minimum Gasteiger partial charge on any atom is -0.336 e. The highest BCUT2D eigenvalue weighted by molar-refractivity contribution is 5.96. The van der Waals surface area contributed by atoms with E-state index in [1.807, 2.05) is 30.3 Å². The lowest BCUT2D eigenvalue weighted by molar-refractivity contribution is -0.126. The third-order valence-electron chi connectivity index (χ3n) is 4.22. The molecule has 2 aromatic carbocycles. The number of rotatable bonds is 6. The van der Waals surface area contributed by atoms with Gasteiger partial charge in [0.25, 0.3) is 0 Å². The number of urea groups is 1. The lowest BCUT2D eigenvalue weighted by Gasteiger charge is -2.21. The summed E-state index contributed by atoms with van der Waals surface area (Å²) in [6, 6.07) is 15.5. The molecule has 1 saturated heterocycles. The molecular formula is C19H20FN3O2. The van der Waals surface area contributed by atoms with Crippen LogP contribution in [0, 0.1) is 5.82 Å². The van der Waals surface area contributed by atoms with Crippen molar-refractivity contribution >= 4 is 11.9 Å². The fraction of sp³-hybridized carbons (Fsp3) is 0.263. The summed E-state index contributed by atoms with van der Waals surface area (Å²) in [7, 11) is 0. The van der Waals surface area contributed by atoms with Crippen LogP contribution in [-0.4, -0.2) is 36.5 Å². The second kappa shape index (κ2) is 7.90. The molecule has 0 radical (unpaired) electrons. The summed E-state index contributed by atoms with van der Waals surface area (Å²) in [5.74, 6) is -0.633. The zero-order valence-electron chi connectivity index (χ0n) is 13.7. The van der Waals surface area contributed by atoms with Crippen molar-refractivity contribution in [1.29, 1.82) is 0 Å². The van der Waals surface area contributed by atoms with Gasteiger partial charge in [-0.05, 0) is 18.1 Å². The Kier molecular flexibility index (Phi) is 5.40. The van der Waals surface area contributed by atoms with Gasteiger partial charge in [-0.15, -0.1) is 0 Å². The number of imide groups is 1. The number of carbonyl (C=O) groups excluding carboxylic acids is 2. The summed E-state index contributed by atoms with van der Waals surface area (Å²) >= 11 is 0. The van der Waals surface area contributed by atoms with Gasteiger partial charge in [0.05, 0.1) is 6.54 Å². The third kappa shape index (κ3) is 4.22. The first-order valence-electron chi connectivity index (χ1n) is 8.25. The number of nitrogens with zero attached hydrogens (tertiary/aromatic N) is 1. The predicted molar refractivity (Wildman–Crippen MR) is 92.4 cm³/mol. The Morgan fingerprint density at radius 1 is 1.16 bits per heavy atom. The highest BCUT2D eigenvalue weighted by Gasteiger charge is 2.26. The molecule has 1 fully saturated rings. The van der Waals surface area contributed by atoms with E-state index in [9.17, 15) is 14.0 Å². The molecule has 130 valence electrons. The number of benzene rings is 2. The van der Waals surface area contributed by atoms with Crippen LogP contribution in [0.3, 0.4) is 0 Å². The van der Waals surface area contributed by atoms with Crippen LogP contribution >= 0.6 is 0 Å². The molecule has 1 aliphatic heterocycles. The van der Waals surface area contributed by atoms with E-state index in [2.05, 4.69) is 10.6 Å². The number of halogens is 1. The first-order chi connectivity index (χ1) is 12.1. The van der Waals surface area contributed by atoms with Gasteiger partial charge in [0.2, 0.25) is 5.91 Å². The van der Waals surface area contributed by atoms with Gasteiger partial charge in [-0.3, -0.25) is 9.69 Å². The normalized spacial score (nSPS) is 15.1. The number of amides is 3. The van der Waals surface area contributed by atoms with Gasteiger partial charge >= 0.3 is 6.03 Å². The van der Waals surface area contributed by atoms with Crippen molar-refractivity contribution in [3.05, 3.63) is 71.5 Å². The second-order valence-electron chi connectivity index (χ2n) is 5.92. The Bertz CT molecular complexity index is 751. The molecule has 0 bridgehead atoms. The predicted octanol–water partition coefficient (Wildman–Crippen LogP) is 2.25. The van der Waals surface area contributed by atoms with Gasteiger partial charge < -0.3 is 10.6 Å². The van der Waals surface area contributed by atoms with E-state index in [1.54, 1.807) is 18.2 Å². The maximum atomic E-state index is 14.2. The Labute approximate surface area is 145 Å². The first-order valence-corrected chi connectivity index (χ1v) is 8.25. The molecule has 0 aliphatic carbocycles. The van der Waals surface area contributed by atoms with Crippen molar-refractivity contribution in [2.24, 2.45) is 0 Å². The standard InChI is InChI=1S/C19H20FN3O2/c20-16-9-5-4-8-15(16)17(12-14-6-2-1-3-7-14)22-13-18(24)23-11-10-21-19(23)25/h1-9,17,22H,10-13H2,(H,21,25)/t17-/m1/s1. The van der Waals surface area contributed by atoms with Crippen LogP contribution in [0.15, 0.2) is 54.6 Å². The van der Waals surface area contributed by atoms with Crippen LogP contribution in [0.1, 0.15) is 17.2 Å². The van der Waals surface area contributed by atoms with E-state index in [0.29, 0.717) is 25.1 Å². The van der Waals surface area contributed by atoms with Crippen molar-refractivity contribution in [2.45, 2.75) is 12.5 Å². The second-order valence-corrected chi connectivity index (χ2v) is 5.92. The smallest absolute Gasteiger partial charge is 0.324 e. The maximum Gasteiger partial charge on any atom is 0.324 e. The average Bonchev–Trinajstić information content (AvgIpc) is 3.06. The van der Waals surface area contributed by atoms with Gasteiger partial charge in [-0.1, -0.05) is 48.5 Å². The van der Waals surface area contributed by atoms with Crippen molar-refractivity contribution in [2.75, 3.05) is 19.6 Å². The number of nitrogens with one attached hydrogen (secondary N) is 2. The van der Waals surface area contributed by atoms with E-state index < -0.39 is 0 Å². The molecule has 0 saturated carbocycles. The van der Waals surface area contributed by atoms with Crippen molar-refractivity contribution in [1.82, 2.24) is 15.5 Å². The maximum absolute atomic E-state index is 14.2. The van der Waals surface area contributed by atoms with E-state index >= 15 is 0 Å². The van der Waals surface area contributed by atoms with E-state index in [0.717, 1.165) is 5.56 Å². The lowest BCUT2D eigenvalue weighted by atomic mass is 9.98. The molecule has 3 amide bonds. The summed E-state index contributed by atoms with van der Waals surface area (Å²) < 4.78 is 14.2. The van der Waals surface area contributed by atoms with E-state index in [-0.39, 0.29) is 30.3 Å². The minimum absolute atomic E-state index is 0.0285. The summed E-state index contributed by atoms with van der Waals surface area (Å²) in [5, 5.41) is 5.71. The molecule has 0 aromatic heterocycles. The monoisotopic (exact) mass is 341 g/mol. The van der Waals surface area contributed by atoms with Crippen LogP contribution in [0.4, 0.5) is 9.18 Å². The Morgan fingerprint density at radius 2 is 1.88 bits per heavy atom. The third-order valence-corrected chi connectivity index (χ3v) is 4.22. The summed E-state index contributed by atoms with van der Waals surface area (Å²) in [6.07, 6.45) is 0.543. The van der Waals surface area contributed by atoms with Gasteiger partial charge in [0, 0.05) is 24.7 Å². The molecule has 25 heavy (non-hydrogen) atoms. The molecule has 1 aliphatic rings. The van der Waals surface area contributed by atoms with Crippen LogP contribution in [0.5, 0.6) is 0 Å². The Hall–Kier alpha value is -2.73. The molecule has 0 spiro atoms. The van der Waals surface area contributed by atoms with Crippen LogP contribution in [-0.2, 0) is 11.2 Å². The number of hydrogen-bond donors (Lipinski definition) is 2. The molecule has 2 N–H and O–H groups in total. The minimum atomic E-state index is -0.377. The number of hydrogen-bond acceptors (Lipinski definition) is 3. The topological polar surface area (TPSA) is 61.4 Å². The van der Waals surface area contributed by atoms with E-state index in [1.165, 1.54) is 11.0 Å². The molecule has 0 unspecified atom stereocenters. The van der Waals surface area contributed by atoms with Crippen LogP contribution < -0.4 is 10.6 Å². The van der Waals surface area contributed by atoms with Crippen molar-refractivity contribution in [3.63, 3.8) is 0 Å². The molecule has 1 atom stereocenters. The van der Waals surface area contributed by atoms with Gasteiger partial charge in [0.15, 0.2) is 0 Å². The quantitative estimate of drug-likeness (QED) is 0.847. The van der Waals surface area contributed by atoms with Gasteiger partial charge in [-0.25, -0.2) is 9.18 Å². The average molecular weight is 341 g/mol. The zero-order valence-corrected chi connectivity index (χ0v) is 13.7. The fourth-order valence-corrected chi connectivity index (χ4v) is 2.92. The lowest BCUT2D eigenvalue weighted by Crippen LogP contribution is -2.41.